The van der Waals surface area contributed by atoms with Crippen LogP contribution in [0.2, 0.25) is 0 Å². The Hall–Kier alpha value is -2.22. The zero-order chi connectivity index (χ0) is 18.6. The van der Waals surface area contributed by atoms with E-state index in [0.29, 0.717) is 11.3 Å². The van der Waals surface area contributed by atoms with Gasteiger partial charge in [-0.05, 0) is 24.2 Å². The molecular weight excluding hydrogens is 350 g/mol. The molecule has 1 aromatic rings. The molecule has 1 aliphatic heterocycles. The second kappa shape index (κ2) is 8.24. The molecule has 1 aliphatic rings. The van der Waals surface area contributed by atoms with Gasteiger partial charge in [0, 0.05) is 11.3 Å². The summed E-state index contributed by atoms with van der Waals surface area (Å²) >= 11 is 5.11. The number of halogens is 2. The highest BCUT2D eigenvalue weighted by molar-refractivity contribution is 7.80. The third-order valence-corrected chi connectivity index (χ3v) is 3.77. The number of thiocarbonyl (C=S) groups is 1. The molecule has 136 valence electrons. The SMILES string of the molecule is C=C1NC(=S)N[C@@H](c2ccccc2OC(F)F)[C@H]1C(=O)OCC(C)C. The van der Waals surface area contributed by atoms with E-state index in [-0.39, 0.29) is 23.4 Å². The summed E-state index contributed by atoms with van der Waals surface area (Å²) in [6.07, 6.45) is 0. The Morgan fingerprint density at radius 3 is 2.68 bits per heavy atom. The van der Waals surface area contributed by atoms with Gasteiger partial charge in [0.1, 0.15) is 11.7 Å². The van der Waals surface area contributed by atoms with E-state index in [1.807, 2.05) is 13.8 Å². The van der Waals surface area contributed by atoms with Gasteiger partial charge in [0.2, 0.25) is 0 Å². The number of esters is 1. The van der Waals surface area contributed by atoms with Crippen molar-refractivity contribution in [2.45, 2.75) is 26.5 Å². The Balaban J connectivity index is 2.35. The Morgan fingerprint density at radius 2 is 2.04 bits per heavy atom. The molecule has 8 heteroatoms. The maximum atomic E-state index is 12.7. The van der Waals surface area contributed by atoms with Crippen LogP contribution in [0.3, 0.4) is 0 Å². The summed E-state index contributed by atoms with van der Waals surface area (Å²) in [5, 5.41) is 5.97. The molecule has 1 heterocycles. The minimum atomic E-state index is -2.98. The molecule has 1 fully saturated rings. The van der Waals surface area contributed by atoms with Crippen molar-refractivity contribution in [3.63, 3.8) is 0 Å². The van der Waals surface area contributed by atoms with Gasteiger partial charge in [-0.25, -0.2) is 0 Å². The van der Waals surface area contributed by atoms with E-state index in [2.05, 4.69) is 21.9 Å². The van der Waals surface area contributed by atoms with Crippen molar-refractivity contribution in [1.29, 1.82) is 0 Å². The Bertz CT molecular complexity index is 667. The molecule has 0 aliphatic carbocycles. The summed E-state index contributed by atoms with van der Waals surface area (Å²) in [6, 6.07) is 5.52. The first-order chi connectivity index (χ1) is 11.8. The van der Waals surface area contributed by atoms with Crippen molar-refractivity contribution in [2.75, 3.05) is 6.61 Å². The molecule has 0 amide bonds. The molecule has 0 spiro atoms. The highest BCUT2D eigenvalue weighted by atomic mass is 32.1. The van der Waals surface area contributed by atoms with Crippen LogP contribution in [-0.4, -0.2) is 24.3 Å². The molecule has 0 saturated carbocycles. The molecule has 2 rings (SSSR count). The third kappa shape index (κ3) is 4.88. The smallest absolute Gasteiger partial charge is 0.387 e. The number of benzene rings is 1. The van der Waals surface area contributed by atoms with Crippen molar-refractivity contribution in [2.24, 2.45) is 11.8 Å². The van der Waals surface area contributed by atoms with Crippen LogP contribution in [0, 0.1) is 11.8 Å². The van der Waals surface area contributed by atoms with Crippen LogP contribution < -0.4 is 15.4 Å². The van der Waals surface area contributed by atoms with Crippen LogP contribution in [0.25, 0.3) is 0 Å². The zero-order valence-corrected chi connectivity index (χ0v) is 14.7. The average molecular weight is 370 g/mol. The molecule has 1 aromatic carbocycles. The van der Waals surface area contributed by atoms with E-state index in [1.54, 1.807) is 18.2 Å². The van der Waals surface area contributed by atoms with Crippen LogP contribution in [0.5, 0.6) is 5.75 Å². The van der Waals surface area contributed by atoms with Gasteiger partial charge >= 0.3 is 12.6 Å². The first-order valence-corrected chi connectivity index (χ1v) is 8.17. The fourth-order valence-electron chi connectivity index (χ4n) is 2.50. The lowest BCUT2D eigenvalue weighted by atomic mass is 9.88. The molecule has 0 aromatic heterocycles. The zero-order valence-electron chi connectivity index (χ0n) is 13.9. The van der Waals surface area contributed by atoms with Crippen LogP contribution in [0.4, 0.5) is 8.78 Å². The predicted octanol–water partition coefficient (Wildman–Crippen LogP) is 3.14. The van der Waals surface area contributed by atoms with E-state index < -0.39 is 24.5 Å². The quantitative estimate of drug-likeness (QED) is 0.593. The summed E-state index contributed by atoms with van der Waals surface area (Å²) in [5.74, 6) is -1.23. The maximum Gasteiger partial charge on any atom is 0.387 e. The van der Waals surface area contributed by atoms with Crippen LogP contribution >= 0.6 is 12.2 Å². The van der Waals surface area contributed by atoms with E-state index in [9.17, 15) is 13.6 Å². The van der Waals surface area contributed by atoms with Gasteiger partial charge in [-0.2, -0.15) is 8.78 Å². The van der Waals surface area contributed by atoms with Gasteiger partial charge in [-0.15, -0.1) is 0 Å². The molecule has 1 saturated heterocycles. The number of nitrogens with one attached hydrogen (secondary N) is 2. The molecule has 2 N–H and O–H groups in total. The van der Waals surface area contributed by atoms with Crippen LogP contribution in [0.1, 0.15) is 25.5 Å². The third-order valence-electron chi connectivity index (χ3n) is 3.55. The largest absolute Gasteiger partial charge is 0.465 e. The number of hydrogen-bond acceptors (Lipinski definition) is 4. The van der Waals surface area contributed by atoms with Crippen LogP contribution in [-0.2, 0) is 9.53 Å². The number of ether oxygens (including phenoxy) is 2. The standard InChI is InChI=1S/C17H20F2N2O3S/c1-9(2)8-23-15(22)13-10(3)20-17(25)21-14(13)11-6-4-5-7-12(11)24-16(18)19/h4-7,9,13-14,16H,3,8H2,1-2H3,(H2,20,21,25)/t13-,14-/m0/s1. The topological polar surface area (TPSA) is 59.6 Å². The fourth-order valence-corrected chi connectivity index (χ4v) is 2.76. The van der Waals surface area contributed by atoms with Crippen LogP contribution in [0.15, 0.2) is 36.5 Å². The minimum Gasteiger partial charge on any atom is -0.465 e. The Kier molecular flexibility index (Phi) is 6.30. The van der Waals surface area contributed by atoms with Gasteiger partial charge in [-0.3, -0.25) is 4.79 Å². The molecule has 25 heavy (non-hydrogen) atoms. The average Bonchev–Trinajstić information content (AvgIpc) is 2.51. The van der Waals surface area contributed by atoms with E-state index in [0.717, 1.165) is 0 Å². The number of alkyl halides is 2. The number of para-hydroxylation sites is 1. The highest BCUT2D eigenvalue weighted by Gasteiger charge is 2.39. The second-order valence-corrected chi connectivity index (χ2v) is 6.43. The highest BCUT2D eigenvalue weighted by Crippen LogP contribution is 2.36. The van der Waals surface area contributed by atoms with Gasteiger partial charge in [0.25, 0.3) is 0 Å². The van der Waals surface area contributed by atoms with E-state index >= 15 is 0 Å². The lowest BCUT2D eigenvalue weighted by Gasteiger charge is -2.35. The predicted molar refractivity (Wildman–Crippen MR) is 93.1 cm³/mol. The summed E-state index contributed by atoms with van der Waals surface area (Å²) < 4.78 is 35.3. The lowest BCUT2D eigenvalue weighted by molar-refractivity contribution is -0.149. The van der Waals surface area contributed by atoms with Crippen molar-refractivity contribution in [1.82, 2.24) is 10.6 Å². The molecule has 0 bridgehead atoms. The summed E-state index contributed by atoms with van der Waals surface area (Å²) in [4.78, 5) is 12.5. The molecule has 0 radical (unpaired) electrons. The van der Waals surface area contributed by atoms with Crippen molar-refractivity contribution >= 4 is 23.3 Å². The van der Waals surface area contributed by atoms with Crippen molar-refractivity contribution in [3.8, 4) is 5.75 Å². The van der Waals surface area contributed by atoms with Crippen molar-refractivity contribution in [3.05, 3.63) is 42.1 Å². The molecule has 0 unspecified atom stereocenters. The minimum absolute atomic E-state index is 0.0332. The van der Waals surface area contributed by atoms with Gasteiger partial charge in [0.05, 0.1) is 12.6 Å². The normalized spacial score (nSPS) is 20.2. The van der Waals surface area contributed by atoms with Gasteiger partial charge in [0.15, 0.2) is 5.11 Å². The maximum absolute atomic E-state index is 12.7. The first kappa shape index (κ1) is 19.1. The molecule has 5 nitrogen and oxygen atoms in total. The van der Waals surface area contributed by atoms with Gasteiger partial charge in [-0.1, -0.05) is 38.6 Å². The lowest BCUT2D eigenvalue weighted by Crippen LogP contribution is -2.51. The summed E-state index contributed by atoms with van der Waals surface area (Å²) in [5.41, 5.74) is 0.716. The number of carbonyl (C=O) groups excluding carboxylic acids is 1. The second-order valence-electron chi connectivity index (χ2n) is 6.02. The van der Waals surface area contributed by atoms with Gasteiger partial charge < -0.3 is 20.1 Å². The molecular formula is C17H20F2N2O3S. The van der Waals surface area contributed by atoms with E-state index in [1.165, 1.54) is 6.07 Å². The first-order valence-electron chi connectivity index (χ1n) is 7.76. The fraction of sp³-hybridized carbons (Fsp3) is 0.412. The number of hydrogen-bond donors (Lipinski definition) is 2. The van der Waals surface area contributed by atoms with E-state index in [4.69, 9.17) is 17.0 Å². The number of rotatable bonds is 6. The Morgan fingerprint density at radius 1 is 1.36 bits per heavy atom. The monoisotopic (exact) mass is 370 g/mol. The Labute approximate surface area is 150 Å². The molecule has 2 atom stereocenters. The van der Waals surface area contributed by atoms with Crippen molar-refractivity contribution < 1.29 is 23.0 Å². The number of carbonyl (C=O) groups is 1. The summed E-state index contributed by atoms with van der Waals surface area (Å²) in [6.45, 7) is 4.92. The summed E-state index contributed by atoms with van der Waals surface area (Å²) in [7, 11) is 0.